The fraction of sp³-hybridized carbons (Fsp3) is 0.400. The van der Waals surface area contributed by atoms with E-state index in [9.17, 15) is 9.59 Å². The van der Waals surface area contributed by atoms with Gasteiger partial charge in [0, 0.05) is 4.88 Å². The molecule has 2 aromatic rings. The molecule has 5 heteroatoms. The van der Waals surface area contributed by atoms with Crippen molar-refractivity contribution < 1.29 is 14.3 Å². The molecule has 1 aromatic heterocycles. The zero-order chi connectivity index (χ0) is 18.4. The second-order valence-corrected chi connectivity index (χ2v) is 7.21. The summed E-state index contributed by atoms with van der Waals surface area (Å²) in [5.41, 5.74) is 1.41. The minimum atomic E-state index is -0.395. The molecule has 0 spiro atoms. The fourth-order valence-corrected chi connectivity index (χ4v) is 3.66. The van der Waals surface area contributed by atoms with Crippen LogP contribution in [0.15, 0.2) is 36.4 Å². The molecule has 2 rings (SSSR count). The molecule has 0 unspecified atom stereocenters. The van der Waals surface area contributed by atoms with Crippen LogP contribution in [0.1, 0.15) is 66.8 Å². The number of amides is 1. The van der Waals surface area contributed by atoms with Gasteiger partial charge < -0.3 is 10.1 Å². The number of benzene rings is 1. The van der Waals surface area contributed by atoms with Gasteiger partial charge in [0.05, 0.1) is 18.1 Å². The first-order chi connectivity index (χ1) is 12.0. The molecule has 0 aliphatic carbocycles. The Labute approximate surface area is 153 Å². The third-order valence-corrected chi connectivity index (χ3v) is 5.33. The number of anilines is 1. The van der Waals surface area contributed by atoms with Gasteiger partial charge in [-0.15, -0.1) is 11.3 Å². The van der Waals surface area contributed by atoms with Crippen LogP contribution in [0, 0.1) is 0 Å². The van der Waals surface area contributed by atoms with E-state index in [0.717, 1.165) is 10.4 Å². The summed E-state index contributed by atoms with van der Waals surface area (Å²) >= 11 is 1.44. The summed E-state index contributed by atoms with van der Waals surface area (Å²) in [5.74, 6) is -0.467. The molecule has 0 fully saturated rings. The number of ether oxygens (including phenoxy) is 1. The molecule has 1 heterocycles. The van der Waals surface area contributed by atoms with Crippen molar-refractivity contribution in [3.05, 3.63) is 52.4 Å². The van der Waals surface area contributed by atoms with Crippen molar-refractivity contribution in [3.8, 4) is 0 Å². The molecular weight excluding hydrogens is 334 g/mol. The Morgan fingerprint density at radius 1 is 1.16 bits per heavy atom. The number of hydrogen-bond acceptors (Lipinski definition) is 4. The SMILES string of the molecule is CCOC(=O)c1cc(C(C)C)sc1NC(=O)[C@H](CC)c1ccccc1. The van der Waals surface area contributed by atoms with Crippen LogP contribution >= 0.6 is 11.3 Å². The molecule has 4 nitrogen and oxygen atoms in total. The maximum absolute atomic E-state index is 12.8. The van der Waals surface area contributed by atoms with Crippen molar-refractivity contribution in [2.45, 2.75) is 46.0 Å². The lowest BCUT2D eigenvalue weighted by Gasteiger charge is -2.15. The van der Waals surface area contributed by atoms with E-state index in [4.69, 9.17) is 4.74 Å². The second kappa shape index (κ2) is 8.81. The molecule has 0 radical (unpaired) electrons. The monoisotopic (exact) mass is 359 g/mol. The van der Waals surface area contributed by atoms with Crippen LogP contribution in [-0.4, -0.2) is 18.5 Å². The summed E-state index contributed by atoms with van der Waals surface area (Å²) in [6, 6.07) is 11.5. The number of thiophene rings is 1. The van der Waals surface area contributed by atoms with E-state index in [-0.39, 0.29) is 17.7 Å². The highest BCUT2D eigenvalue weighted by Gasteiger charge is 2.24. The van der Waals surface area contributed by atoms with Crippen molar-refractivity contribution in [2.24, 2.45) is 0 Å². The normalized spacial score (nSPS) is 12.0. The molecule has 0 bridgehead atoms. The summed E-state index contributed by atoms with van der Waals surface area (Å²) < 4.78 is 5.13. The largest absolute Gasteiger partial charge is 0.462 e. The van der Waals surface area contributed by atoms with Gasteiger partial charge in [-0.3, -0.25) is 4.79 Å². The van der Waals surface area contributed by atoms with E-state index < -0.39 is 5.97 Å². The third-order valence-electron chi connectivity index (χ3n) is 3.98. The number of rotatable bonds is 7. The van der Waals surface area contributed by atoms with Crippen molar-refractivity contribution in [3.63, 3.8) is 0 Å². The van der Waals surface area contributed by atoms with E-state index in [1.165, 1.54) is 11.3 Å². The highest BCUT2D eigenvalue weighted by molar-refractivity contribution is 7.16. The summed E-state index contributed by atoms with van der Waals surface area (Å²) in [5, 5.41) is 3.52. The van der Waals surface area contributed by atoms with Crippen LogP contribution in [-0.2, 0) is 9.53 Å². The third kappa shape index (κ3) is 4.69. The Morgan fingerprint density at radius 3 is 2.40 bits per heavy atom. The molecule has 0 saturated heterocycles. The molecule has 25 heavy (non-hydrogen) atoms. The molecule has 0 aliphatic rings. The predicted octanol–water partition coefficient (Wildman–Crippen LogP) is 5.18. The lowest BCUT2D eigenvalue weighted by molar-refractivity contribution is -0.117. The van der Waals surface area contributed by atoms with Crippen LogP contribution in [0.25, 0.3) is 0 Å². The van der Waals surface area contributed by atoms with E-state index in [1.54, 1.807) is 6.92 Å². The molecular formula is C20H25NO3S. The van der Waals surface area contributed by atoms with Crippen molar-refractivity contribution in [2.75, 3.05) is 11.9 Å². The van der Waals surface area contributed by atoms with Gasteiger partial charge in [-0.25, -0.2) is 4.79 Å². The van der Waals surface area contributed by atoms with Gasteiger partial charge in [-0.05, 0) is 30.9 Å². The van der Waals surface area contributed by atoms with Crippen molar-refractivity contribution in [1.29, 1.82) is 0 Å². The van der Waals surface area contributed by atoms with Crippen molar-refractivity contribution in [1.82, 2.24) is 0 Å². The highest BCUT2D eigenvalue weighted by atomic mass is 32.1. The second-order valence-electron chi connectivity index (χ2n) is 6.13. The minimum absolute atomic E-state index is 0.101. The Kier molecular flexibility index (Phi) is 6.76. The van der Waals surface area contributed by atoms with E-state index >= 15 is 0 Å². The van der Waals surface area contributed by atoms with Gasteiger partial charge in [0.2, 0.25) is 5.91 Å². The van der Waals surface area contributed by atoms with Crippen LogP contribution in [0.4, 0.5) is 5.00 Å². The summed E-state index contributed by atoms with van der Waals surface area (Å²) in [7, 11) is 0. The summed E-state index contributed by atoms with van der Waals surface area (Å²) in [6.45, 7) is 8.18. The van der Waals surface area contributed by atoms with Crippen LogP contribution in [0.3, 0.4) is 0 Å². The molecule has 1 N–H and O–H groups in total. The quantitative estimate of drug-likeness (QED) is 0.693. The van der Waals surface area contributed by atoms with Crippen molar-refractivity contribution >= 4 is 28.2 Å². The first-order valence-corrected chi connectivity index (χ1v) is 9.46. The Morgan fingerprint density at radius 2 is 1.84 bits per heavy atom. The lowest BCUT2D eigenvalue weighted by atomic mass is 9.96. The topological polar surface area (TPSA) is 55.4 Å². The van der Waals surface area contributed by atoms with E-state index in [2.05, 4.69) is 19.2 Å². The van der Waals surface area contributed by atoms with Gasteiger partial charge >= 0.3 is 5.97 Å². The number of hydrogen-bond donors (Lipinski definition) is 1. The fourth-order valence-electron chi connectivity index (χ4n) is 2.60. The predicted molar refractivity (Wildman–Crippen MR) is 102 cm³/mol. The molecule has 1 atom stereocenters. The van der Waals surface area contributed by atoms with Gasteiger partial charge in [0.15, 0.2) is 0 Å². The zero-order valence-electron chi connectivity index (χ0n) is 15.2. The molecule has 134 valence electrons. The molecule has 1 amide bonds. The van der Waals surface area contributed by atoms with Crippen LogP contribution in [0.2, 0.25) is 0 Å². The standard InChI is InChI=1S/C20H25NO3S/c1-5-15(14-10-8-7-9-11-14)18(22)21-19-16(20(23)24-6-2)12-17(25-19)13(3)4/h7-13,15H,5-6H2,1-4H3,(H,21,22)/t15-/m1/s1. The highest BCUT2D eigenvalue weighted by Crippen LogP contribution is 2.34. The van der Waals surface area contributed by atoms with E-state index in [1.807, 2.05) is 43.3 Å². The van der Waals surface area contributed by atoms with Gasteiger partial charge in [0.1, 0.15) is 5.00 Å². The summed E-state index contributed by atoms with van der Waals surface area (Å²) in [6.07, 6.45) is 0.687. The maximum atomic E-state index is 12.8. The average molecular weight is 359 g/mol. The Hall–Kier alpha value is -2.14. The number of carbonyl (C=O) groups excluding carboxylic acids is 2. The maximum Gasteiger partial charge on any atom is 0.341 e. The number of esters is 1. The first-order valence-electron chi connectivity index (χ1n) is 8.64. The van der Waals surface area contributed by atoms with Gasteiger partial charge in [-0.1, -0.05) is 51.1 Å². The lowest BCUT2D eigenvalue weighted by Crippen LogP contribution is -2.21. The average Bonchev–Trinajstić information content (AvgIpc) is 3.01. The van der Waals surface area contributed by atoms with E-state index in [0.29, 0.717) is 23.6 Å². The van der Waals surface area contributed by atoms with Crippen LogP contribution in [0.5, 0.6) is 0 Å². The van der Waals surface area contributed by atoms with Gasteiger partial charge in [0.25, 0.3) is 0 Å². The summed E-state index contributed by atoms with van der Waals surface area (Å²) in [4.78, 5) is 26.1. The molecule has 0 saturated carbocycles. The molecule has 0 aliphatic heterocycles. The van der Waals surface area contributed by atoms with Gasteiger partial charge in [-0.2, -0.15) is 0 Å². The van der Waals surface area contributed by atoms with Crippen LogP contribution < -0.4 is 5.32 Å². The Bertz CT molecular complexity index is 722. The molecule has 1 aromatic carbocycles. The Balaban J connectivity index is 2.28. The smallest absolute Gasteiger partial charge is 0.341 e. The first kappa shape index (κ1) is 19.2. The minimum Gasteiger partial charge on any atom is -0.462 e. The number of nitrogens with one attached hydrogen (secondary N) is 1. The number of carbonyl (C=O) groups is 2. The zero-order valence-corrected chi connectivity index (χ0v) is 16.0.